The zero-order valence-electron chi connectivity index (χ0n) is 12.3. The molecule has 0 aliphatic rings. The van der Waals surface area contributed by atoms with Crippen molar-refractivity contribution >= 4 is 61.6 Å². The molecule has 0 aliphatic heterocycles. The molecule has 0 aromatic carbocycles. The van der Waals surface area contributed by atoms with E-state index in [0.29, 0.717) is 0 Å². The van der Waals surface area contributed by atoms with Crippen molar-refractivity contribution in [3.8, 4) is 0 Å². The molecule has 2 atom stereocenters. The maximum absolute atomic E-state index is 9.58. The van der Waals surface area contributed by atoms with Gasteiger partial charge in [-0.15, -0.1) is 0 Å². The summed E-state index contributed by atoms with van der Waals surface area (Å²) in [5.41, 5.74) is 0. The Bertz CT molecular complexity index is 307. The minimum absolute atomic E-state index is 0. The van der Waals surface area contributed by atoms with Crippen LogP contribution in [0.2, 0.25) is 0 Å². The van der Waals surface area contributed by atoms with Gasteiger partial charge in [0, 0.05) is 24.8 Å². The van der Waals surface area contributed by atoms with E-state index in [0.717, 1.165) is 0 Å². The van der Waals surface area contributed by atoms with E-state index in [2.05, 4.69) is 0 Å². The summed E-state index contributed by atoms with van der Waals surface area (Å²) < 4.78 is 0. The molecule has 0 heterocycles. The van der Waals surface area contributed by atoms with Crippen LogP contribution in [-0.2, 0) is 19.2 Å². The normalized spacial score (nSPS) is 10.8. The van der Waals surface area contributed by atoms with E-state index in [9.17, 15) is 39.6 Å². The third-order valence-corrected chi connectivity index (χ3v) is 1.26. The zero-order chi connectivity index (χ0) is 14.9. The molecule has 0 aromatic heterocycles. The molecule has 12 nitrogen and oxygen atoms in total. The molecule has 0 saturated heterocycles. The maximum Gasteiger partial charge on any atom is 2.00 e. The van der Waals surface area contributed by atoms with Crippen LogP contribution in [0.5, 0.6) is 0 Å². The molecule has 0 saturated carbocycles. The van der Waals surface area contributed by atoms with Gasteiger partial charge in [0.2, 0.25) is 0 Å². The van der Waals surface area contributed by atoms with Crippen molar-refractivity contribution in [1.29, 1.82) is 0 Å². The summed E-state index contributed by atoms with van der Waals surface area (Å²) in [7, 11) is 0. The first-order valence-electron chi connectivity index (χ1n) is 4.25. The van der Waals surface area contributed by atoms with Gasteiger partial charge in [-0.2, -0.15) is 0 Å². The second-order valence-electron chi connectivity index (χ2n) is 2.82. The summed E-state index contributed by atoms with van der Waals surface area (Å²) in [6.07, 6.45) is -5.78. The van der Waals surface area contributed by atoms with Gasteiger partial charge in [-0.1, -0.05) is 0 Å². The third-order valence-electron chi connectivity index (χ3n) is 1.26. The number of carbonyl (C=O) groups is 4. The summed E-state index contributed by atoms with van der Waals surface area (Å²) in [6.45, 7) is 0. The van der Waals surface area contributed by atoms with Crippen LogP contribution in [0.15, 0.2) is 0 Å². The number of aliphatic carboxylic acids is 4. The van der Waals surface area contributed by atoms with Gasteiger partial charge >= 0.3 is 40.6 Å². The van der Waals surface area contributed by atoms with Crippen LogP contribution >= 0.6 is 0 Å². The van der Waals surface area contributed by atoms with Gasteiger partial charge < -0.3 is 60.8 Å². The van der Waals surface area contributed by atoms with Crippen LogP contribution in [0.25, 0.3) is 0 Å². The van der Waals surface area contributed by atoms with Crippen molar-refractivity contribution in [2.24, 2.45) is 0 Å². The van der Waals surface area contributed by atoms with Crippen molar-refractivity contribution in [1.82, 2.24) is 0 Å². The zero-order valence-corrected chi connectivity index (χ0v) is 12.5. The number of hydrogen-bond acceptors (Lipinski definition) is 12. The minimum atomic E-state index is -1.96. The molecule has 0 rings (SSSR count). The van der Waals surface area contributed by atoms with Crippen LogP contribution in [0.1, 0.15) is 15.7 Å². The van der Waals surface area contributed by atoms with Gasteiger partial charge in [0.15, 0.2) is 0 Å². The van der Waals surface area contributed by atoms with E-state index in [1.54, 1.807) is 0 Å². The van der Waals surface area contributed by atoms with Crippen LogP contribution < -0.4 is 20.4 Å². The number of rotatable bonds is 6. The van der Waals surface area contributed by atoms with Crippen molar-refractivity contribution < 1.29 is 63.6 Å². The van der Waals surface area contributed by atoms with E-state index in [4.69, 9.17) is 10.2 Å². The second-order valence-corrected chi connectivity index (χ2v) is 2.82. The third kappa shape index (κ3) is 24.4. The number of carboxylic acid groups (broad SMARTS) is 4. The summed E-state index contributed by atoms with van der Waals surface area (Å²) in [5, 5.41) is 54.7. The van der Waals surface area contributed by atoms with Gasteiger partial charge in [0.25, 0.3) is 0 Å². The molecule has 0 bridgehead atoms. The monoisotopic (exact) mass is 340 g/mol. The molecule has 21 heavy (non-hydrogen) atoms. The Morgan fingerprint density at radius 1 is 0.762 bits per heavy atom. The topological polar surface area (TPSA) is 261 Å². The summed E-state index contributed by atoms with van der Waals surface area (Å²) in [6, 6.07) is 0. The number of carbonyl (C=O) groups excluding carboxylic acids is 4. The molecular weight excluding hydrogens is 328 g/mol. The van der Waals surface area contributed by atoms with Gasteiger partial charge in [-0.3, -0.25) is 0 Å². The molecule has 0 spiro atoms. The van der Waals surface area contributed by atoms with Crippen molar-refractivity contribution in [3.63, 3.8) is 0 Å². The van der Waals surface area contributed by atoms with E-state index in [1.807, 2.05) is 0 Å². The van der Waals surface area contributed by atoms with Gasteiger partial charge in [0.1, 0.15) is 0 Å². The van der Waals surface area contributed by atoms with Crippen molar-refractivity contribution in [2.75, 3.05) is 0 Å². The average molecular weight is 340 g/mol. The number of aliphatic hydroxyl groups excluding tert-OH is 2. The van der Waals surface area contributed by atoms with E-state index < -0.39 is 48.9 Å². The van der Waals surface area contributed by atoms with Crippen LogP contribution in [0.3, 0.4) is 0 Å². The van der Waals surface area contributed by atoms with Crippen LogP contribution in [-0.4, -0.2) is 95.0 Å². The molecule has 2 unspecified atom stereocenters. The first-order chi connectivity index (χ1) is 8.07. The SMILES string of the molecule is O=C([O-])CC(O)C(=O)[O-].O=C([O-])CC(O)C(=O)[O-].[Ca+2].[H+].[H+].[OH-].[OH-]. The standard InChI is InChI=1S/2C4H6O5.Ca.2H2O/c2*5-2(4(8)9)1-3(6)7;;;/h2*2,5H,1H2,(H,6,7)(H,8,9);;2*1H2/q;;+2;;/p-4. The predicted molar refractivity (Wildman–Crippen MR) is 53.1 cm³/mol. The van der Waals surface area contributed by atoms with E-state index in [-0.39, 0.29) is 51.5 Å². The first kappa shape index (κ1) is 32.1. The van der Waals surface area contributed by atoms with Gasteiger partial charge in [0.05, 0.1) is 24.1 Å². The first-order valence-corrected chi connectivity index (χ1v) is 4.25. The fraction of sp³-hybridized carbons (Fsp3) is 0.500. The van der Waals surface area contributed by atoms with Crippen LogP contribution in [0.4, 0.5) is 0 Å². The number of hydrogen-bond donors (Lipinski definition) is 2. The quantitative estimate of drug-likeness (QED) is 0.427. The number of carboxylic acids is 4. The smallest absolute Gasteiger partial charge is 0.870 e. The Kier molecular flexibility index (Phi) is 26.0. The molecule has 13 heteroatoms. The number of aliphatic hydroxyl groups is 2. The van der Waals surface area contributed by atoms with E-state index in [1.165, 1.54) is 0 Å². The molecule has 4 N–H and O–H groups in total. The van der Waals surface area contributed by atoms with Crippen molar-refractivity contribution in [3.05, 3.63) is 0 Å². The Labute approximate surface area is 150 Å². The molecular formula is C8H12CaO12-2. The Balaban J connectivity index is -0.0000000366. The molecule has 0 amide bonds. The molecule has 0 fully saturated rings. The molecule has 0 radical (unpaired) electrons. The summed E-state index contributed by atoms with van der Waals surface area (Å²) >= 11 is 0. The largest absolute Gasteiger partial charge is 2.00 e. The molecule has 0 aliphatic carbocycles. The Hall–Kier alpha value is -1.02. The van der Waals surface area contributed by atoms with Crippen LogP contribution in [0, 0.1) is 0 Å². The van der Waals surface area contributed by atoms with Gasteiger partial charge in [-0.05, 0) is 0 Å². The van der Waals surface area contributed by atoms with Crippen molar-refractivity contribution in [2.45, 2.75) is 25.0 Å². The maximum atomic E-state index is 9.58. The Morgan fingerprint density at radius 2 is 0.952 bits per heavy atom. The predicted octanol–water partition coefficient (Wildman–Crippen LogP) is -8.04. The fourth-order valence-corrected chi connectivity index (χ4v) is 0.482. The summed E-state index contributed by atoms with van der Waals surface area (Å²) in [4.78, 5) is 38.3. The average Bonchev–Trinajstić information content (AvgIpc) is 2.16. The van der Waals surface area contributed by atoms with E-state index >= 15 is 0 Å². The van der Waals surface area contributed by atoms with Gasteiger partial charge in [-0.25, -0.2) is 0 Å². The molecule has 120 valence electrons. The second kappa shape index (κ2) is 17.0. The Morgan fingerprint density at radius 3 is 1.00 bits per heavy atom. The fourth-order valence-electron chi connectivity index (χ4n) is 0.482. The molecule has 0 aromatic rings. The minimum Gasteiger partial charge on any atom is -0.870 e. The summed E-state index contributed by atoms with van der Waals surface area (Å²) in [5.74, 6) is -6.85.